The molecule has 0 aromatic rings. The van der Waals surface area contributed by atoms with Gasteiger partial charge in [0, 0.05) is 168 Å². The SMILES string of the molecule is CC(OC(=O)CCCC(C(=O)OC1CC(C)(C)N(C)C(C)(C)C1)(C(=O)OC1CC(C)(C)N(C)C(C)(C)C1)C(=O)OC1CC(C)(C)N(C)C(C)(C)C1)C(C)C1OCC2(CO1)COC(C(C)C(C)OC(=O)CCCC(C(=O)OC1CC(C)(C)N(C)C(C)(C)C1)(C(=O)OC1CC(C)(C)N(C)C(C)(C)C1)C(=O)OC1CC(C)(C)N(C)C(C)(C)C1)OC2. The summed E-state index contributed by atoms with van der Waals surface area (Å²) in [6, 6.07) is 0. The summed E-state index contributed by atoms with van der Waals surface area (Å²) in [5, 5.41) is 0. The first-order chi connectivity index (χ1) is 53.2. The van der Waals surface area contributed by atoms with Gasteiger partial charge in [-0.05, 0) is 248 Å². The summed E-state index contributed by atoms with van der Waals surface area (Å²) < 4.78 is 76.8. The lowest BCUT2D eigenvalue weighted by Gasteiger charge is -2.54. The molecule has 672 valence electrons. The van der Waals surface area contributed by atoms with E-state index < -0.39 is 217 Å². The molecule has 0 aromatic heterocycles. The standard InChI is InChI=1S/C91H158N6O20/c1-57(59(3)110-67(98)37-35-39-90(71(100)112-61-41-77(5,6)92(29)78(7,8)42-61,72(101)113-62-43-79(9,10)93(30)80(11,12)44-62)73(102)114-63-45-81(13,14)94(31)82(15,16)46-63)69-106-53-89(54-107-69)55-108-70(109-56-89)58(2)60(4)111-68(99)38-36-40-91(74(103)115-64-47-83(17,18)95(32)84(19,20)48-64,75(104)116-65-49-85(21,22)96(33)86(23,24)50-65)76(105)117-66-51-87(25,26)97(34)88(27,28)52-66/h57-66,69-70H,35-56H2,1-34H3. The average molecular weight is 1660 g/mol. The summed E-state index contributed by atoms with van der Waals surface area (Å²) >= 11 is 0. The minimum atomic E-state index is -2.60. The summed E-state index contributed by atoms with van der Waals surface area (Å²) in [7, 11) is 12.3. The van der Waals surface area contributed by atoms with E-state index in [-0.39, 0.29) is 52.1 Å². The molecule has 0 amide bonds. The van der Waals surface area contributed by atoms with Gasteiger partial charge in [0.15, 0.2) is 12.6 Å². The van der Waals surface area contributed by atoms with Gasteiger partial charge >= 0.3 is 47.8 Å². The smallest absolute Gasteiger partial charge is 0.335 e. The minimum absolute atomic E-state index is 0.137. The molecule has 117 heavy (non-hydrogen) atoms. The number of esters is 8. The fourth-order valence-electron chi connectivity index (χ4n) is 21.0. The van der Waals surface area contributed by atoms with Crippen LogP contribution in [-0.4, -0.2) is 274 Å². The van der Waals surface area contributed by atoms with E-state index in [2.05, 4.69) is 196 Å². The molecular weight excluding hydrogens is 1500 g/mol. The van der Waals surface area contributed by atoms with Crippen molar-refractivity contribution in [3.05, 3.63) is 0 Å². The van der Waals surface area contributed by atoms with E-state index in [0.717, 1.165) is 0 Å². The second-order valence-corrected chi connectivity index (χ2v) is 44.8. The van der Waals surface area contributed by atoms with Crippen LogP contribution in [0.25, 0.3) is 0 Å². The van der Waals surface area contributed by atoms with Gasteiger partial charge < -0.3 is 56.8 Å². The lowest BCUT2D eigenvalue weighted by Crippen LogP contribution is -2.63. The van der Waals surface area contributed by atoms with Gasteiger partial charge in [-0.15, -0.1) is 0 Å². The highest BCUT2D eigenvalue weighted by Crippen LogP contribution is 2.49. The van der Waals surface area contributed by atoms with Crippen molar-refractivity contribution in [3.63, 3.8) is 0 Å². The topological polar surface area (TPSA) is 267 Å². The zero-order valence-electron chi connectivity index (χ0n) is 78.8. The quantitative estimate of drug-likeness (QED) is 0.0442. The van der Waals surface area contributed by atoms with Crippen LogP contribution >= 0.6 is 0 Å². The van der Waals surface area contributed by atoms with Crippen LogP contribution in [0.1, 0.15) is 309 Å². The Hall–Kier alpha value is -4.64. The molecule has 0 aliphatic carbocycles. The Morgan fingerprint density at radius 3 is 0.598 bits per heavy atom. The number of rotatable bonds is 26. The number of likely N-dealkylation sites (tertiary alicyclic amines) is 6. The van der Waals surface area contributed by atoms with Gasteiger partial charge in [-0.3, -0.25) is 67.8 Å². The Bertz CT molecular complexity index is 2930. The Kier molecular flexibility index (Phi) is 29.1. The maximum absolute atomic E-state index is 15.6. The van der Waals surface area contributed by atoms with E-state index in [9.17, 15) is 9.59 Å². The first-order valence-electron chi connectivity index (χ1n) is 43.7. The normalized spacial score (nSPS) is 29.0. The van der Waals surface area contributed by atoms with Gasteiger partial charge in [-0.1, -0.05) is 13.8 Å². The number of ether oxygens (including phenoxy) is 12. The fraction of sp³-hybridized carbons (Fsp3) is 0.912. The molecule has 26 nitrogen and oxygen atoms in total. The van der Waals surface area contributed by atoms with Gasteiger partial charge in [0.25, 0.3) is 10.8 Å². The third kappa shape index (κ3) is 21.4. The highest BCUT2D eigenvalue weighted by molar-refractivity contribution is 6.19. The molecule has 4 atom stereocenters. The van der Waals surface area contributed by atoms with Gasteiger partial charge in [0.2, 0.25) is 0 Å². The van der Waals surface area contributed by atoms with Crippen molar-refractivity contribution < 1.29 is 95.2 Å². The number of carbonyl (C=O) groups excluding carboxylic acids is 8. The summed E-state index contributed by atoms with van der Waals surface area (Å²) in [6.45, 7) is 57.8. The van der Waals surface area contributed by atoms with Crippen molar-refractivity contribution in [2.24, 2.45) is 28.1 Å². The third-order valence-electron chi connectivity index (χ3n) is 30.4. The van der Waals surface area contributed by atoms with Crippen LogP contribution < -0.4 is 0 Å². The number of hydrogen-bond acceptors (Lipinski definition) is 26. The Balaban J connectivity index is 0.912. The van der Waals surface area contributed by atoms with Crippen molar-refractivity contribution in [2.45, 2.75) is 437 Å². The van der Waals surface area contributed by atoms with Crippen molar-refractivity contribution in [1.29, 1.82) is 0 Å². The largest absolute Gasteiger partial charge is 0.462 e. The van der Waals surface area contributed by atoms with E-state index in [1.54, 1.807) is 13.8 Å². The average Bonchev–Trinajstić information content (AvgIpc) is 0.752. The molecule has 0 saturated carbocycles. The lowest BCUT2D eigenvalue weighted by molar-refractivity contribution is -0.323. The molecule has 1 spiro atoms. The molecule has 8 aliphatic rings. The van der Waals surface area contributed by atoms with Crippen LogP contribution in [0.4, 0.5) is 0 Å². The molecule has 0 N–H and O–H groups in total. The van der Waals surface area contributed by atoms with E-state index in [0.29, 0.717) is 77.0 Å². The van der Waals surface area contributed by atoms with Gasteiger partial charge in [-0.25, -0.2) is 0 Å². The van der Waals surface area contributed by atoms with Crippen molar-refractivity contribution in [3.8, 4) is 0 Å². The zero-order chi connectivity index (χ0) is 88.6. The van der Waals surface area contributed by atoms with Crippen LogP contribution in [0, 0.1) is 28.1 Å². The zero-order valence-corrected chi connectivity index (χ0v) is 78.8. The molecule has 26 heteroatoms. The number of carbonyl (C=O) groups is 8. The highest BCUT2D eigenvalue weighted by atomic mass is 16.7. The van der Waals surface area contributed by atoms with Crippen molar-refractivity contribution >= 4 is 47.8 Å². The predicted octanol–water partition coefficient (Wildman–Crippen LogP) is 13.3. The number of piperidine rings is 6. The Labute approximate surface area is 703 Å². The predicted molar refractivity (Wildman–Crippen MR) is 446 cm³/mol. The second-order valence-electron chi connectivity index (χ2n) is 44.8. The molecular formula is C91H158N6O20. The van der Waals surface area contributed by atoms with E-state index in [1.807, 2.05) is 56.1 Å². The summed E-state index contributed by atoms with van der Waals surface area (Å²) in [6.07, 6.45) is -3.68. The molecule has 8 saturated heterocycles. The highest BCUT2D eigenvalue weighted by Gasteiger charge is 2.64. The maximum atomic E-state index is 15.6. The van der Waals surface area contributed by atoms with Crippen molar-refractivity contribution in [1.82, 2.24) is 29.4 Å². The molecule has 8 heterocycles. The lowest BCUT2D eigenvalue weighted by atomic mass is 9.77. The van der Waals surface area contributed by atoms with Gasteiger partial charge in [0.05, 0.1) is 31.8 Å². The molecule has 0 radical (unpaired) electrons. The van der Waals surface area contributed by atoms with Crippen LogP contribution in [0.5, 0.6) is 0 Å². The number of hydrogen-bond donors (Lipinski definition) is 0. The first-order valence-corrected chi connectivity index (χ1v) is 43.7. The molecule has 0 bridgehead atoms. The van der Waals surface area contributed by atoms with Gasteiger partial charge in [0.1, 0.15) is 48.8 Å². The molecule has 8 rings (SSSR count). The Morgan fingerprint density at radius 1 is 0.291 bits per heavy atom. The third-order valence-corrected chi connectivity index (χ3v) is 30.4. The minimum Gasteiger partial charge on any atom is -0.462 e. The molecule has 0 aromatic carbocycles. The van der Waals surface area contributed by atoms with Crippen molar-refractivity contribution in [2.75, 3.05) is 68.7 Å². The van der Waals surface area contributed by atoms with Crippen LogP contribution in [0.3, 0.4) is 0 Å². The summed E-state index contributed by atoms with van der Waals surface area (Å²) in [4.78, 5) is 135. The van der Waals surface area contributed by atoms with Crippen LogP contribution in [0.2, 0.25) is 0 Å². The van der Waals surface area contributed by atoms with E-state index >= 15 is 28.8 Å². The molecule has 8 fully saturated rings. The van der Waals surface area contributed by atoms with E-state index in [1.165, 1.54) is 0 Å². The maximum Gasteiger partial charge on any atom is 0.335 e. The van der Waals surface area contributed by atoms with Crippen LogP contribution in [-0.2, 0) is 95.2 Å². The Morgan fingerprint density at radius 2 is 0.444 bits per heavy atom. The number of nitrogens with zero attached hydrogens (tertiary/aromatic N) is 6. The molecule has 8 aliphatic heterocycles. The van der Waals surface area contributed by atoms with E-state index in [4.69, 9.17) is 56.8 Å². The van der Waals surface area contributed by atoms with Gasteiger partial charge in [-0.2, -0.15) is 0 Å². The summed E-state index contributed by atoms with van der Waals surface area (Å²) in [5.74, 6) is -8.54. The summed E-state index contributed by atoms with van der Waals surface area (Å²) in [5.41, 5.74) is -11.0. The fourth-order valence-corrected chi connectivity index (χ4v) is 21.0. The second kappa shape index (κ2) is 34.8. The van der Waals surface area contributed by atoms with Crippen LogP contribution in [0.15, 0.2) is 0 Å². The monoisotopic (exact) mass is 1660 g/mol. The molecule has 4 unspecified atom stereocenters. The first kappa shape index (κ1) is 97.8.